The van der Waals surface area contributed by atoms with Gasteiger partial charge in [0.1, 0.15) is 0 Å². The SMILES string of the molecule is Cl.Cl.O=C(N[C@H]1CCCNC1)c1cnc2ccccc2c1C(F)(F)F. The number of pyridine rings is 1. The topological polar surface area (TPSA) is 54.0 Å². The highest BCUT2D eigenvalue weighted by Crippen LogP contribution is 2.36. The number of aromatic nitrogens is 1. The van der Waals surface area contributed by atoms with Gasteiger partial charge in [-0.3, -0.25) is 9.78 Å². The molecule has 0 radical (unpaired) electrons. The van der Waals surface area contributed by atoms with Crippen LogP contribution in [0, 0.1) is 0 Å². The Bertz CT molecular complexity index is 734. The average molecular weight is 396 g/mol. The lowest BCUT2D eigenvalue weighted by atomic mass is 10.0. The van der Waals surface area contributed by atoms with Gasteiger partial charge in [-0.05, 0) is 25.5 Å². The average Bonchev–Trinajstić information content (AvgIpc) is 2.53. The first kappa shape index (κ1) is 21.5. The monoisotopic (exact) mass is 395 g/mol. The van der Waals surface area contributed by atoms with Crippen molar-refractivity contribution in [1.29, 1.82) is 0 Å². The van der Waals surface area contributed by atoms with E-state index in [1.165, 1.54) is 18.2 Å². The van der Waals surface area contributed by atoms with Gasteiger partial charge in [-0.1, -0.05) is 18.2 Å². The van der Waals surface area contributed by atoms with Crippen LogP contribution >= 0.6 is 24.8 Å². The number of halogens is 5. The molecule has 1 aliphatic heterocycles. The normalized spacial score (nSPS) is 17.3. The largest absolute Gasteiger partial charge is 0.417 e. The van der Waals surface area contributed by atoms with Gasteiger partial charge in [-0.2, -0.15) is 13.2 Å². The summed E-state index contributed by atoms with van der Waals surface area (Å²) in [5, 5.41) is 5.72. The second kappa shape index (κ2) is 8.69. The van der Waals surface area contributed by atoms with Crippen molar-refractivity contribution in [2.75, 3.05) is 13.1 Å². The lowest BCUT2D eigenvalue weighted by Crippen LogP contribution is -2.46. The van der Waals surface area contributed by atoms with Gasteiger partial charge < -0.3 is 10.6 Å². The van der Waals surface area contributed by atoms with Crippen LogP contribution in [0.1, 0.15) is 28.8 Å². The minimum atomic E-state index is -4.62. The molecule has 0 bridgehead atoms. The number of hydrogen-bond acceptors (Lipinski definition) is 3. The molecule has 1 aromatic heterocycles. The maximum absolute atomic E-state index is 13.5. The Morgan fingerprint density at radius 1 is 1.24 bits per heavy atom. The van der Waals surface area contributed by atoms with E-state index in [0.29, 0.717) is 6.54 Å². The van der Waals surface area contributed by atoms with Crippen LogP contribution in [-0.4, -0.2) is 30.0 Å². The van der Waals surface area contributed by atoms with Crippen molar-refractivity contribution >= 4 is 41.6 Å². The molecule has 0 unspecified atom stereocenters. The van der Waals surface area contributed by atoms with Gasteiger partial charge in [0.25, 0.3) is 5.91 Å². The van der Waals surface area contributed by atoms with Gasteiger partial charge in [-0.25, -0.2) is 0 Å². The Kier molecular flexibility index (Phi) is 7.46. The number of benzene rings is 1. The van der Waals surface area contributed by atoms with E-state index >= 15 is 0 Å². The quantitative estimate of drug-likeness (QED) is 0.816. The van der Waals surface area contributed by atoms with E-state index in [1.54, 1.807) is 6.07 Å². The van der Waals surface area contributed by atoms with Crippen molar-refractivity contribution in [2.24, 2.45) is 0 Å². The first-order valence-electron chi connectivity index (χ1n) is 7.43. The van der Waals surface area contributed by atoms with Crippen molar-refractivity contribution in [2.45, 2.75) is 25.1 Å². The van der Waals surface area contributed by atoms with Crippen molar-refractivity contribution < 1.29 is 18.0 Å². The minimum Gasteiger partial charge on any atom is -0.348 e. The number of hydrogen-bond donors (Lipinski definition) is 2. The van der Waals surface area contributed by atoms with Gasteiger partial charge in [0, 0.05) is 24.2 Å². The standard InChI is InChI=1S/C16H16F3N3O.2ClH/c17-16(18,19)14-11-5-1-2-6-13(11)21-9-12(14)15(23)22-10-4-3-7-20-8-10;;/h1-2,5-6,9-10,20H,3-4,7-8H2,(H,22,23);2*1H/t10-;;/m0../s1. The minimum absolute atomic E-state index is 0. The molecule has 3 rings (SSSR count). The molecule has 2 heterocycles. The molecule has 0 spiro atoms. The number of nitrogens with one attached hydrogen (secondary N) is 2. The van der Waals surface area contributed by atoms with E-state index in [-0.39, 0.29) is 41.8 Å². The van der Waals surface area contributed by atoms with Crippen LogP contribution in [-0.2, 0) is 6.18 Å². The summed E-state index contributed by atoms with van der Waals surface area (Å²) in [6, 6.07) is 5.79. The van der Waals surface area contributed by atoms with E-state index in [9.17, 15) is 18.0 Å². The maximum Gasteiger partial charge on any atom is 0.417 e. The molecule has 1 atom stereocenters. The van der Waals surface area contributed by atoms with Crippen molar-refractivity contribution in [3.63, 3.8) is 0 Å². The molecule has 138 valence electrons. The Hall–Kier alpha value is -1.57. The zero-order chi connectivity index (χ0) is 16.4. The first-order valence-corrected chi connectivity index (χ1v) is 7.43. The number of carbonyl (C=O) groups is 1. The summed E-state index contributed by atoms with van der Waals surface area (Å²) in [4.78, 5) is 16.3. The first-order chi connectivity index (χ1) is 11.0. The van der Waals surface area contributed by atoms with E-state index in [0.717, 1.165) is 25.6 Å². The van der Waals surface area contributed by atoms with Crippen LogP contribution < -0.4 is 10.6 Å². The third kappa shape index (κ3) is 4.74. The Labute approximate surface area is 155 Å². The summed E-state index contributed by atoms with van der Waals surface area (Å²) in [7, 11) is 0. The highest BCUT2D eigenvalue weighted by molar-refractivity contribution is 6.00. The Morgan fingerprint density at radius 2 is 1.96 bits per heavy atom. The number of carbonyl (C=O) groups excluding carboxylic acids is 1. The van der Waals surface area contributed by atoms with E-state index < -0.39 is 23.2 Å². The lowest BCUT2D eigenvalue weighted by Gasteiger charge is -2.24. The molecule has 1 aliphatic rings. The fraction of sp³-hybridized carbons (Fsp3) is 0.375. The van der Waals surface area contributed by atoms with Gasteiger partial charge in [-0.15, -0.1) is 24.8 Å². The number of fused-ring (bicyclic) bond motifs is 1. The van der Waals surface area contributed by atoms with E-state index in [2.05, 4.69) is 15.6 Å². The van der Waals surface area contributed by atoms with Crippen molar-refractivity contribution in [3.05, 3.63) is 41.6 Å². The molecule has 1 amide bonds. The zero-order valence-corrected chi connectivity index (χ0v) is 14.7. The fourth-order valence-corrected chi connectivity index (χ4v) is 2.86. The fourth-order valence-electron chi connectivity index (χ4n) is 2.86. The number of nitrogens with zero attached hydrogens (tertiary/aromatic N) is 1. The Balaban J connectivity index is 0.00000156. The molecule has 2 N–H and O–H groups in total. The van der Waals surface area contributed by atoms with Crippen LogP contribution in [0.15, 0.2) is 30.5 Å². The summed E-state index contributed by atoms with van der Waals surface area (Å²) >= 11 is 0. The third-order valence-electron chi connectivity index (χ3n) is 3.94. The second-order valence-electron chi connectivity index (χ2n) is 5.58. The second-order valence-corrected chi connectivity index (χ2v) is 5.58. The van der Waals surface area contributed by atoms with E-state index in [4.69, 9.17) is 0 Å². The van der Waals surface area contributed by atoms with E-state index in [1.807, 2.05) is 0 Å². The smallest absolute Gasteiger partial charge is 0.348 e. The summed E-state index contributed by atoms with van der Waals surface area (Å²) in [5.41, 5.74) is -1.14. The molecule has 4 nitrogen and oxygen atoms in total. The van der Waals surface area contributed by atoms with Crippen molar-refractivity contribution in [1.82, 2.24) is 15.6 Å². The number of para-hydroxylation sites is 1. The number of alkyl halides is 3. The molecule has 25 heavy (non-hydrogen) atoms. The van der Waals surface area contributed by atoms with Crippen LogP contribution in [0.3, 0.4) is 0 Å². The predicted molar refractivity (Wildman–Crippen MR) is 94.6 cm³/mol. The Morgan fingerprint density at radius 3 is 2.60 bits per heavy atom. The molecule has 2 aromatic rings. The number of rotatable bonds is 2. The molecule has 0 saturated carbocycles. The highest BCUT2D eigenvalue weighted by Gasteiger charge is 2.38. The number of amides is 1. The maximum atomic E-state index is 13.5. The number of piperidine rings is 1. The molecule has 1 fully saturated rings. The van der Waals surface area contributed by atoms with Gasteiger partial charge >= 0.3 is 6.18 Å². The lowest BCUT2D eigenvalue weighted by molar-refractivity contribution is -0.136. The third-order valence-corrected chi connectivity index (χ3v) is 3.94. The van der Waals surface area contributed by atoms with Gasteiger partial charge in [0.15, 0.2) is 0 Å². The van der Waals surface area contributed by atoms with Gasteiger partial charge in [0.2, 0.25) is 0 Å². The summed E-state index contributed by atoms with van der Waals surface area (Å²) in [6.45, 7) is 1.42. The summed E-state index contributed by atoms with van der Waals surface area (Å²) in [5.74, 6) is -0.732. The molecular formula is C16H18Cl2F3N3O. The predicted octanol–water partition coefficient (Wildman–Crippen LogP) is 3.58. The highest BCUT2D eigenvalue weighted by atomic mass is 35.5. The molecule has 0 aliphatic carbocycles. The van der Waals surface area contributed by atoms with Crippen LogP contribution in [0.5, 0.6) is 0 Å². The van der Waals surface area contributed by atoms with Gasteiger partial charge in [0.05, 0.1) is 16.6 Å². The van der Waals surface area contributed by atoms with Crippen LogP contribution in [0.2, 0.25) is 0 Å². The molecule has 1 aromatic carbocycles. The molecular weight excluding hydrogens is 378 g/mol. The van der Waals surface area contributed by atoms with Crippen molar-refractivity contribution in [3.8, 4) is 0 Å². The molecule has 9 heteroatoms. The molecule has 1 saturated heterocycles. The zero-order valence-electron chi connectivity index (χ0n) is 13.1. The van der Waals surface area contributed by atoms with Crippen LogP contribution in [0.25, 0.3) is 10.9 Å². The summed E-state index contributed by atoms with van der Waals surface area (Å²) in [6.07, 6.45) is -1.98. The van der Waals surface area contributed by atoms with Crippen LogP contribution in [0.4, 0.5) is 13.2 Å². The summed E-state index contributed by atoms with van der Waals surface area (Å²) < 4.78 is 40.5.